The van der Waals surface area contributed by atoms with Crippen molar-refractivity contribution < 1.29 is 4.42 Å². The first-order valence-electron chi connectivity index (χ1n) is 16.9. The van der Waals surface area contributed by atoms with E-state index in [1.807, 2.05) is 44.2 Å². The number of rotatable bonds is 4. The van der Waals surface area contributed by atoms with Gasteiger partial charge in [0.25, 0.3) is 0 Å². The van der Waals surface area contributed by atoms with E-state index in [2.05, 4.69) is 137 Å². The molecule has 0 atom stereocenters. The van der Waals surface area contributed by atoms with E-state index in [4.69, 9.17) is 4.42 Å². The number of furan rings is 1. The fourth-order valence-corrected chi connectivity index (χ4v) is 8.09. The molecule has 0 amide bonds. The fraction of sp³-hybridized carbons (Fsp3) is 0.0444. The second-order valence-electron chi connectivity index (χ2n) is 12.1. The van der Waals surface area contributed by atoms with Crippen molar-refractivity contribution in [2.24, 2.45) is 0 Å². The Morgan fingerprint density at radius 2 is 1.10 bits per heavy atom. The lowest BCUT2D eigenvalue weighted by Gasteiger charge is -2.10. The molecule has 3 heterocycles. The van der Waals surface area contributed by atoms with Gasteiger partial charge in [0.15, 0.2) is 0 Å². The van der Waals surface area contributed by atoms with Crippen LogP contribution in [0.5, 0.6) is 0 Å². The highest BCUT2D eigenvalue weighted by molar-refractivity contribution is 7.99. The topological polar surface area (TPSA) is 46.8 Å². The molecule has 238 valence electrons. The Hall–Kier alpha value is -6.22. The van der Waals surface area contributed by atoms with Gasteiger partial charge in [-0.3, -0.25) is 0 Å². The number of benzene rings is 7. The van der Waals surface area contributed by atoms with Gasteiger partial charge in [-0.1, -0.05) is 80.2 Å². The van der Waals surface area contributed by atoms with Crippen LogP contribution in [0, 0.1) is 11.3 Å². The van der Waals surface area contributed by atoms with E-state index in [-0.39, 0.29) is 0 Å². The van der Waals surface area contributed by atoms with Crippen molar-refractivity contribution >= 4 is 77.3 Å². The minimum atomic E-state index is 0.667. The number of para-hydroxylation sites is 3. The van der Waals surface area contributed by atoms with Crippen LogP contribution in [-0.4, -0.2) is 9.13 Å². The van der Waals surface area contributed by atoms with Gasteiger partial charge in [0.1, 0.15) is 11.2 Å². The Morgan fingerprint density at radius 1 is 0.500 bits per heavy atom. The van der Waals surface area contributed by atoms with E-state index in [0.717, 1.165) is 70.4 Å². The molecule has 50 heavy (non-hydrogen) atoms. The van der Waals surface area contributed by atoms with Crippen LogP contribution in [0.15, 0.2) is 166 Å². The average Bonchev–Trinajstić information content (AvgIpc) is 3.83. The monoisotopic (exact) mass is 661 g/mol. The highest BCUT2D eigenvalue weighted by atomic mass is 32.2. The Balaban J connectivity index is 0.00000165. The molecule has 10 aromatic rings. The van der Waals surface area contributed by atoms with Crippen molar-refractivity contribution in [2.45, 2.75) is 23.6 Å². The zero-order chi connectivity index (χ0) is 33.8. The van der Waals surface area contributed by atoms with Crippen molar-refractivity contribution in [3.8, 4) is 17.4 Å². The van der Waals surface area contributed by atoms with E-state index >= 15 is 0 Å². The van der Waals surface area contributed by atoms with Gasteiger partial charge in [0.05, 0.1) is 39.1 Å². The molecule has 0 saturated carbocycles. The van der Waals surface area contributed by atoms with Gasteiger partial charge in [-0.05, 0) is 97.1 Å². The number of hydrogen-bond donors (Lipinski definition) is 0. The van der Waals surface area contributed by atoms with Crippen LogP contribution in [0.2, 0.25) is 0 Å². The lowest BCUT2D eigenvalue weighted by atomic mass is 10.1. The van der Waals surface area contributed by atoms with Gasteiger partial charge in [-0.25, -0.2) is 0 Å². The van der Waals surface area contributed by atoms with Gasteiger partial charge in [0, 0.05) is 48.1 Å². The van der Waals surface area contributed by atoms with Crippen molar-refractivity contribution in [1.82, 2.24) is 9.13 Å². The molecular weight excluding hydrogens is 631 g/mol. The molecule has 0 saturated heterocycles. The van der Waals surface area contributed by atoms with Gasteiger partial charge < -0.3 is 13.6 Å². The van der Waals surface area contributed by atoms with Crippen LogP contribution in [0.25, 0.3) is 76.9 Å². The number of nitrogens with zero attached hydrogens (tertiary/aromatic N) is 3. The summed E-state index contributed by atoms with van der Waals surface area (Å²) in [4.78, 5) is 2.24. The van der Waals surface area contributed by atoms with E-state index in [1.165, 1.54) is 16.3 Å². The Kier molecular flexibility index (Phi) is 7.19. The predicted octanol–water partition coefficient (Wildman–Crippen LogP) is 12.8. The molecule has 0 bridgehead atoms. The van der Waals surface area contributed by atoms with Gasteiger partial charge in [-0.2, -0.15) is 5.26 Å². The van der Waals surface area contributed by atoms with Crippen molar-refractivity contribution in [2.75, 3.05) is 0 Å². The Morgan fingerprint density at radius 3 is 1.86 bits per heavy atom. The zero-order valence-corrected chi connectivity index (χ0v) is 28.4. The fourth-order valence-electron chi connectivity index (χ4n) is 7.27. The molecule has 4 nitrogen and oxygen atoms in total. The molecule has 7 aromatic carbocycles. The summed E-state index contributed by atoms with van der Waals surface area (Å²) in [5.74, 6) is 0. The van der Waals surface area contributed by atoms with Crippen LogP contribution in [0.4, 0.5) is 0 Å². The molecule has 0 aliphatic heterocycles. The average molecular weight is 662 g/mol. The maximum Gasteiger partial charge on any atom is 0.145 e. The zero-order valence-electron chi connectivity index (χ0n) is 27.6. The van der Waals surface area contributed by atoms with Gasteiger partial charge in [0.2, 0.25) is 0 Å². The largest absolute Gasteiger partial charge is 0.455 e. The van der Waals surface area contributed by atoms with Crippen molar-refractivity contribution in [3.63, 3.8) is 0 Å². The van der Waals surface area contributed by atoms with E-state index in [9.17, 15) is 5.26 Å². The maximum atomic E-state index is 9.18. The third-order valence-corrected chi connectivity index (χ3v) is 10.4. The SMILES string of the molecule is CC.N#Cc1ccc(Sc2ccc(-n3c4cc5c6ccccc6n(-c6ccccc6)c5cc4c4c5oc6ccccc6c5ccc43)cc2)cc1. The van der Waals surface area contributed by atoms with E-state index in [0.29, 0.717) is 5.56 Å². The minimum absolute atomic E-state index is 0.667. The second-order valence-corrected chi connectivity index (χ2v) is 13.2. The van der Waals surface area contributed by atoms with Crippen LogP contribution >= 0.6 is 11.8 Å². The number of fused-ring (bicyclic) bond motifs is 10. The molecule has 0 unspecified atom stereocenters. The van der Waals surface area contributed by atoms with Crippen LogP contribution in [-0.2, 0) is 0 Å². The molecule has 3 aromatic heterocycles. The summed E-state index contributed by atoms with van der Waals surface area (Å²) in [5.41, 5.74) is 9.27. The lowest BCUT2D eigenvalue weighted by molar-refractivity contribution is 0.673. The predicted molar refractivity (Wildman–Crippen MR) is 209 cm³/mol. The second kappa shape index (κ2) is 12.0. The molecule has 0 aliphatic rings. The first kappa shape index (κ1) is 29.9. The quantitative estimate of drug-likeness (QED) is 0.189. The number of aromatic nitrogens is 2. The summed E-state index contributed by atoms with van der Waals surface area (Å²) >= 11 is 1.69. The van der Waals surface area contributed by atoms with Crippen molar-refractivity contribution in [3.05, 3.63) is 157 Å². The smallest absolute Gasteiger partial charge is 0.145 e. The van der Waals surface area contributed by atoms with Gasteiger partial charge in [-0.15, -0.1) is 0 Å². The standard InChI is InChI=1S/C43H25N3OS.C2H6/c44-26-27-14-18-30(19-15-27)48-31-20-16-29(17-21-31)46-38-23-22-34-33-11-5-7-13-41(33)47-43(34)42(38)36-25-39-35(24-40(36)46)32-10-4-6-12-37(32)45(39)28-8-2-1-3-9-28;1-2/h1-25H;1-2H3. The highest BCUT2D eigenvalue weighted by Crippen LogP contribution is 2.44. The van der Waals surface area contributed by atoms with Crippen LogP contribution in [0.3, 0.4) is 0 Å². The molecule has 5 heteroatoms. The third-order valence-electron chi connectivity index (χ3n) is 9.39. The molecule has 0 aliphatic carbocycles. The molecule has 0 N–H and O–H groups in total. The van der Waals surface area contributed by atoms with E-state index < -0.39 is 0 Å². The minimum Gasteiger partial charge on any atom is -0.455 e. The molecule has 0 radical (unpaired) electrons. The van der Waals surface area contributed by atoms with E-state index in [1.54, 1.807) is 11.8 Å². The Bertz CT molecular complexity index is 2910. The van der Waals surface area contributed by atoms with Crippen LogP contribution in [0.1, 0.15) is 19.4 Å². The van der Waals surface area contributed by atoms with Gasteiger partial charge >= 0.3 is 0 Å². The third kappa shape index (κ3) is 4.61. The molecular formula is C45H31N3OS. The van der Waals surface area contributed by atoms with Crippen molar-refractivity contribution in [1.29, 1.82) is 5.26 Å². The molecule has 0 fully saturated rings. The summed E-state index contributed by atoms with van der Waals surface area (Å²) < 4.78 is 11.4. The lowest BCUT2D eigenvalue weighted by Crippen LogP contribution is -1.94. The number of hydrogen-bond acceptors (Lipinski definition) is 3. The number of nitriles is 1. The molecule has 10 rings (SSSR count). The summed E-state index contributed by atoms with van der Waals surface area (Å²) in [6.45, 7) is 4.00. The summed E-state index contributed by atoms with van der Waals surface area (Å²) in [7, 11) is 0. The maximum absolute atomic E-state index is 9.18. The first-order chi connectivity index (χ1) is 24.7. The Labute approximate surface area is 293 Å². The summed E-state index contributed by atoms with van der Waals surface area (Å²) in [6.07, 6.45) is 0. The van der Waals surface area contributed by atoms with Crippen LogP contribution < -0.4 is 0 Å². The highest BCUT2D eigenvalue weighted by Gasteiger charge is 2.22. The summed E-state index contributed by atoms with van der Waals surface area (Å²) in [6, 6.07) is 55.4. The molecule has 0 spiro atoms. The first-order valence-corrected chi connectivity index (χ1v) is 17.7. The summed E-state index contributed by atoms with van der Waals surface area (Å²) in [5, 5.41) is 16.1. The normalized spacial score (nSPS) is 11.5.